The summed E-state index contributed by atoms with van der Waals surface area (Å²) in [5.41, 5.74) is 1.41. The van der Waals surface area contributed by atoms with Gasteiger partial charge in [-0.3, -0.25) is 0 Å². The van der Waals surface area contributed by atoms with Gasteiger partial charge >= 0.3 is 0 Å². The molecule has 19 heavy (non-hydrogen) atoms. The first-order valence-corrected chi connectivity index (χ1v) is 7.58. The van der Waals surface area contributed by atoms with Crippen LogP contribution in [-0.2, 0) is 13.0 Å². The van der Waals surface area contributed by atoms with Gasteiger partial charge in [-0.05, 0) is 59.1 Å². The zero-order valence-electron chi connectivity index (χ0n) is 12.6. The van der Waals surface area contributed by atoms with E-state index in [1.165, 1.54) is 31.2 Å². The molecule has 1 aromatic rings. The fourth-order valence-electron chi connectivity index (χ4n) is 2.04. The number of rotatable bonds is 8. The van der Waals surface area contributed by atoms with Gasteiger partial charge in [-0.1, -0.05) is 0 Å². The van der Waals surface area contributed by atoms with Gasteiger partial charge in [-0.25, -0.2) is 0 Å². The molecule has 1 aliphatic carbocycles. The van der Waals surface area contributed by atoms with Crippen LogP contribution in [0, 0.1) is 0 Å². The highest BCUT2D eigenvalue weighted by Gasteiger charge is 2.19. The highest BCUT2D eigenvalue weighted by atomic mass is 16.3. The topological polar surface area (TPSA) is 37.2 Å². The van der Waals surface area contributed by atoms with Crippen LogP contribution in [-0.4, -0.2) is 18.1 Å². The predicted molar refractivity (Wildman–Crippen MR) is 79.3 cm³/mol. The molecule has 0 radical (unpaired) electrons. The minimum Gasteiger partial charge on any atom is -0.469 e. The average molecular weight is 264 g/mol. The molecular formula is C16H28N2O. The standard InChI is InChI=1S/C16H28N2O/c1-16(2,3)18-11-13-10-15(19-12-13)6-4-5-9-17-14-7-8-14/h10,12,14,17-18H,4-9,11H2,1-3H3. The van der Waals surface area contributed by atoms with E-state index in [1.807, 2.05) is 6.26 Å². The van der Waals surface area contributed by atoms with Crippen molar-refractivity contribution in [3.63, 3.8) is 0 Å². The van der Waals surface area contributed by atoms with Crippen molar-refractivity contribution in [3.8, 4) is 0 Å². The van der Waals surface area contributed by atoms with E-state index in [-0.39, 0.29) is 5.54 Å². The summed E-state index contributed by atoms with van der Waals surface area (Å²) in [5, 5.41) is 7.02. The lowest BCUT2D eigenvalue weighted by molar-refractivity contribution is 0.422. The molecule has 0 unspecified atom stereocenters. The van der Waals surface area contributed by atoms with Crippen molar-refractivity contribution in [1.29, 1.82) is 0 Å². The summed E-state index contributed by atoms with van der Waals surface area (Å²) in [4.78, 5) is 0. The van der Waals surface area contributed by atoms with Gasteiger partial charge < -0.3 is 15.1 Å². The van der Waals surface area contributed by atoms with Crippen molar-refractivity contribution in [2.75, 3.05) is 6.54 Å². The molecule has 0 atom stereocenters. The second-order valence-electron chi connectivity index (χ2n) is 6.71. The van der Waals surface area contributed by atoms with E-state index in [9.17, 15) is 0 Å². The largest absolute Gasteiger partial charge is 0.469 e. The summed E-state index contributed by atoms with van der Waals surface area (Å²) >= 11 is 0. The van der Waals surface area contributed by atoms with E-state index in [4.69, 9.17) is 4.42 Å². The Morgan fingerprint density at radius 1 is 1.26 bits per heavy atom. The van der Waals surface area contributed by atoms with Gasteiger partial charge in [0.25, 0.3) is 0 Å². The molecule has 0 spiro atoms. The smallest absolute Gasteiger partial charge is 0.104 e. The number of nitrogens with one attached hydrogen (secondary N) is 2. The van der Waals surface area contributed by atoms with E-state index in [1.54, 1.807) is 0 Å². The monoisotopic (exact) mass is 264 g/mol. The van der Waals surface area contributed by atoms with E-state index < -0.39 is 0 Å². The molecule has 1 aliphatic rings. The molecular weight excluding hydrogens is 236 g/mol. The van der Waals surface area contributed by atoms with Crippen molar-refractivity contribution in [2.45, 2.75) is 71.0 Å². The molecule has 2 N–H and O–H groups in total. The Morgan fingerprint density at radius 2 is 2.05 bits per heavy atom. The summed E-state index contributed by atoms with van der Waals surface area (Å²) in [7, 11) is 0. The Hall–Kier alpha value is -0.800. The van der Waals surface area contributed by atoms with Crippen LogP contribution in [0.4, 0.5) is 0 Å². The molecule has 1 saturated carbocycles. The number of hydrogen-bond donors (Lipinski definition) is 2. The maximum atomic E-state index is 5.61. The lowest BCUT2D eigenvalue weighted by atomic mass is 10.1. The van der Waals surface area contributed by atoms with E-state index in [0.29, 0.717) is 0 Å². The molecule has 2 rings (SSSR count). The lowest BCUT2D eigenvalue weighted by Gasteiger charge is -2.19. The number of aryl methyl sites for hydroxylation is 1. The Kier molecular flexibility index (Phi) is 5.06. The molecule has 3 heteroatoms. The lowest BCUT2D eigenvalue weighted by Crippen LogP contribution is -2.34. The predicted octanol–water partition coefficient (Wildman–Crippen LogP) is 3.24. The Labute approximate surface area is 117 Å². The Balaban J connectivity index is 1.59. The van der Waals surface area contributed by atoms with Crippen LogP contribution in [0.25, 0.3) is 0 Å². The van der Waals surface area contributed by atoms with Crippen LogP contribution in [0.5, 0.6) is 0 Å². The molecule has 1 fully saturated rings. The number of furan rings is 1. The first-order chi connectivity index (χ1) is 9.03. The van der Waals surface area contributed by atoms with E-state index >= 15 is 0 Å². The number of hydrogen-bond acceptors (Lipinski definition) is 3. The SMILES string of the molecule is CC(C)(C)NCc1coc(CCCCNC2CC2)c1. The third-order valence-corrected chi connectivity index (χ3v) is 3.39. The van der Waals surface area contributed by atoms with Crippen LogP contribution >= 0.6 is 0 Å². The molecule has 0 aromatic carbocycles. The van der Waals surface area contributed by atoms with Crippen molar-refractivity contribution in [1.82, 2.24) is 10.6 Å². The first kappa shape index (κ1) is 14.6. The Morgan fingerprint density at radius 3 is 2.74 bits per heavy atom. The maximum Gasteiger partial charge on any atom is 0.104 e. The second-order valence-corrected chi connectivity index (χ2v) is 6.71. The molecule has 3 nitrogen and oxygen atoms in total. The minimum absolute atomic E-state index is 0.159. The van der Waals surface area contributed by atoms with Crippen LogP contribution in [0.1, 0.15) is 57.8 Å². The normalized spacial score (nSPS) is 15.9. The van der Waals surface area contributed by atoms with Crippen molar-refractivity contribution in [3.05, 3.63) is 23.7 Å². The van der Waals surface area contributed by atoms with Gasteiger partial charge in [0.1, 0.15) is 5.76 Å². The zero-order valence-corrected chi connectivity index (χ0v) is 12.6. The summed E-state index contributed by atoms with van der Waals surface area (Å²) < 4.78 is 5.61. The third-order valence-electron chi connectivity index (χ3n) is 3.39. The molecule has 1 aromatic heterocycles. The van der Waals surface area contributed by atoms with Crippen molar-refractivity contribution >= 4 is 0 Å². The summed E-state index contributed by atoms with van der Waals surface area (Å²) in [5.74, 6) is 1.12. The second kappa shape index (κ2) is 6.58. The zero-order chi connectivity index (χ0) is 13.7. The summed E-state index contributed by atoms with van der Waals surface area (Å²) in [6.45, 7) is 8.59. The van der Waals surface area contributed by atoms with Gasteiger partial charge in [-0.2, -0.15) is 0 Å². The van der Waals surface area contributed by atoms with Crippen LogP contribution < -0.4 is 10.6 Å². The summed E-state index contributed by atoms with van der Waals surface area (Å²) in [6, 6.07) is 3.02. The highest BCUT2D eigenvalue weighted by Crippen LogP contribution is 2.18. The molecule has 0 saturated heterocycles. The number of unbranched alkanes of at least 4 members (excludes halogenated alkanes) is 1. The molecule has 0 aliphatic heterocycles. The van der Waals surface area contributed by atoms with E-state index in [0.717, 1.165) is 31.3 Å². The quantitative estimate of drug-likeness (QED) is 0.708. The third kappa shape index (κ3) is 6.26. The fourth-order valence-corrected chi connectivity index (χ4v) is 2.04. The maximum absolute atomic E-state index is 5.61. The van der Waals surface area contributed by atoms with Crippen molar-refractivity contribution in [2.24, 2.45) is 0 Å². The van der Waals surface area contributed by atoms with Crippen molar-refractivity contribution < 1.29 is 4.42 Å². The van der Waals surface area contributed by atoms with Crippen LogP contribution in [0.3, 0.4) is 0 Å². The van der Waals surface area contributed by atoms with Gasteiger partial charge in [0, 0.05) is 30.1 Å². The molecule has 0 bridgehead atoms. The van der Waals surface area contributed by atoms with Crippen LogP contribution in [0.15, 0.2) is 16.7 Å². The molecule has 0 amide bonds. The summed E-state index contributed by atoms with van der Waals surface area (Å²) in [6.07, 6.45) is 8.15. The highest BCUT2D eigenvalue weighted by molar-refractivity contribution is 5.13. The van der Waals surface area contributed by atoms with Gasteiger partial charge in [0.15, 0.2) is 0 Å². The van der Waals surface area contributed by atoms with Gasteiger partial charge in [0.05, 0.1) is 6.26 Å². The molecule has 108 valence electrons. The Bertz CT molecular complexity index is 374. The average Bonchev–Trinajstić information content (AvgIpc) is 3.04. The van der Waals surface area contributed by atoms with Crippen LogP contribution in [0.2, 0.25) is 0 Å². The van der Waals surface area contributed by atoms with Gasteiger partial charge in [0.2, 0.25) is 0 Å². The fraction of sp³-hybridized carbons (Fsp3) is 0.750. The molecule has 1 heterocycles. The van der Waals surface area contributed by atoms with E-state index in [2.05, 4.69) is 37.5 Å². The van der Waals surface area contributed by atoms with Gasteiger partial charge in [-0.15, -0.1) is 0 Å². The first-order valence-electron chi connectivity index (χ1n) is 7.58. The minimum atomic E-state index is 0.159.